The summed E-state index contributed by atoms with van der Waals surface area (Å²) in [5.74, 6) is -0.753. The molecule has 15 heteroatoms. The normalized spacial score (nSPS) is 13.9. The summed E-state index contributed by atoms with van der Waals surface area (Å²) in [6, 6.07) is 18.7. The molecule has 0 aliphatic carbocycles. The third-order valence-electron chi connectivity index (χ3n) is 6.85. The second kappa shape index (κ2) is 12.9. The minimum atomic E-state index is -4.35. The number of aryl methyl sites for hydroxylation is 1. The van der Waals surface area contributed by atoms with Crippen molar-refractivity contribution in [2.75, 3.05) is 19.5 Å². The van der Waals surface area contributed by atoms with Gasteiger partial charge in [0.25, 0.3) is 5.91 Å². The number of sulfone groups is 1. The second-order valence-corrected chi connectivity index (χ2v) is 14.6. The molecule has 5 rings (SSSR count). The summed E-state index contributed by atoms with van der Waals surface area (Å²) in [5.41, 5.74) is 1.07. The lowest BCUT2D eigenvalue weighted by Crippen LogP contribution is -2.18. The van der Waals surface area contributed by atoms with Gasteiger partial charge >= 0.3 is 15.8 Å². The van der Waals surface area contributed by atoms with Crippen molar-refractivity contribution in [3.63, 3.8) is 0 Å². The molecule has 0 unspecified atom stereocenters. The maximum atomic E-state index is 13.4. The van der Waals surface area contributed by atoms with E-state index in [0.717, 1.165) is 29.5 Å². The minimum Gasteiger partial charge on any atom is -0.496 e. The van der Waals surface area contributed by atoms with E-state index in [4.69, 9.17) is 13.7 Å². The summed E-state index contributed by atoms with van der Waals surface area (Å²) in [4.78, 5) is 24.6. The van der Waals surface area contributed by atoms with Gasteiger partial charge in [0.2, 0.25) is 5.75 Å². The number of nitro groups is 1. The number of amides is 1. The van der Waals surface area contributed by atoms with Crippen LogP contribution in [0.4, 0.5) is 11.4 Å². The van der Waals surface area contributed by atoms with E-state index in [1.807, 2.05) is 0 Å². The van der Waals surface area contributed by atoms with E-state index in [-0.39, 0.29) is 25.9 Å². The fourth-order valence-corrected chi connectivity index (χ4v) is 7.82. The summed E-state index contributed by atoms with van der Waals surface area (Å²) >= 11 is 1.04. The highest BCUT2D eigenvalue weighted by atomic mass is 32.2. The molecule has 1 N–H and O–H groups in total. The molecule has 1 aliphatic heterocycles. The van der Waals surface area contributed by atoms with E-state index >= 15 is 0 Å². The van der Waals surface area contributed by atoms with Crippen molar-refractivity contribution in [2.24, 2.45) is 0 Å². The van der Waals surface area contributed by atoms with Crippen LogP contribution in [0.15, 0.2) is 98.5 Å². The van der Waals surface area contributed by atoms with Crippen molar-refractivity contribution in [3.8, 4) is 17.2 Å². The SMILES string of the molecule is COc1cccc(OC)c1CS(=O)(=O)c1ccc2c(c1)NC(=O)C(=Cc1ccc(OS(=O)(=O)c3ccc(C)cc3)c([N+](=O)[O-])c1)S2. The van der Waals surface area contributed by atoms with Gasteiger partial charge in [0.05, 0.1) is 45.9 Å². The molecule has 12 nitrogen and oxygen atoms in total. The number of fused-ring (bicyclic) bond motifs is 1. The lowest BCUT2D eigenvalue weighted by atomic mass is 10.1. The maximum absolute atomic E-state index is 13.4. The highest BCUT2D eigenvalue weighted by Gasteiger charge is 2.27. The summed E-state index contributed by atoms with van der Waals surface area (Å²) in [6.07, 6.45) is 1.40. The van der Waals surface area contributed by atoms with Crippen LogP contribution in [-0.4, -0.2) is 41.9 Å². The topological polar surface area (TPSA) is 168 Å². The molecule has 238 valence electrons. The molecule has 0 aromatic heterocycles. The Morgan fingerprint density at radius 2 is 1.52 bits per heavy atom. The lowest BCUT2D eigenvalue weighted by molar-refractivity contribution is -0.385. The molecular formula is C31H26N2O10S3. The van der Waals surface area contributed by atoms with Gasteiger partial charge in [-0.05, 0) is 67.1 Å². The van der Waals surface area contributed by atoms with Gasteiger partial charge in [0.15, 0.2) is 9.84 Å². The largest absolute Gasteiger partial charge is 0.496 e. The van der Waals surface area contributed by atoms with Crippen LogP contribution in [0.3, 0.4) is 0 Å². The number of benzene rings is 4. The first-order chi connectivity index (χ1) is 21.8. The number of carbonyl (C=O) groups excluding carboxylic acids is 1. The van der Waals surface area contributed by atoms with Crippen LogP contribution in [0.25, 0.3) is 6.08 Å². The van der Waals surface area contributed by atoms with Gasteiger partial charge in [-0.3, -0.25) is 14.9 Å². The van der Waals surface area contributed by atoms with Crippen LogP contribution in [0, 0.1) is 17.0 Å². The van der Waals surface area contributed by atoms with Gasteiger partial charge in [0.1, 0.15) is 16.4 Å². The van der Waals surface area contributed by atoms with Crippen molar-refractivity contribution in [1.82, 2.24) is 0 Å². The zero-order valence-electron chi connectivity index (χ0n) is 24.5. The van der Waals surface area contributed by atoms with Gasteiger partial charge in [-0.25, -0.2) is 8.42 Å². The number of ether oxygens (including phenoxy) is 2. The minimum absolute atomic E-state index is 0.0284. The van der Waals surface area contributed by atoms with E-state index in [1.165, 1.54) is 50.6 Å². The fraction of sp³-hybridized carbons (Fsp3) is 0.129. The number of carbonyl (C=O) groups is 1. The predicted molar refractivity (Wildman–Crippen MR) is 171 cm³/mol. The number of hydrogen-bond acceptors (Lipinski definition) is 11. The Hall–Kier alpha value is -4.86. The van der Waals surface area contributed by atoms with Crippen LogP contribution in [0.1, 0.15) is 16.7 Å². The second-order valence-electron chi connectivity index (χ2n) is 9.96. The summed E-state index contributed by atoms with van der Waals surface area (Å²) in [5, 5.41) is 14.5. The number of methoxy groups -OCH3 is 2. The highest BCUT2D eigenvalue weighted by Crippen LogP contribution is 2.41. The number of nitro benzene ring substituents is 1. The number of nitrogens with zero attached hydrogens (tertiary/aromatic N) is 1. The average molecular weight is 683 g/mol. The van der Waals surface area contributed by atoms with Crippen LogP contribution < -0.4 is 19.0 Å². The van der Waals surface area contributed by atoms with Crippen molar-refractivity contribution >= 4 is 55.1 Å². The first-order valence-corrected chi connectivity index (χ1v) is 17.3. The molecule has 1 amide bonds. The van der Waals surface area contributed by atoms with E-state index in [2.05, 4.69) is 5.32 Å². The third kappa shape index (κ3) is 6.85. The molecule has 4 aromatic rings. The Bertz CT molecular complexity index is 2090. The van der Waals surface area contributed by atoms with Gasteiger partial charge < -0.3 is 19.0 Å². The fourth-order valence-electron chi connectivity index (χ4n) is 4.54. The molecule has 0 radical (unpaired) electrons. The monoisotopic (exact) mass is 682 g/mol. The number of rotatable bonds is 10. The Kier molecular flexibility index (Phi) is 9.10. The summed E-state index contributed by atoms with van der Waals surface area (Å²) in [6.45, 7) is 1.78. The molecule has 0 spiro atoms. The molecule has 0 fully saturated rings. The quantitative estimate of drug-likeness (QED) is 0.0936. The first-order valence-electron chi connectivity index (χ1n) is 13.4. The highest BCUT2D eigenvalue weighted by molar-refractivity contribution is 8.04. The number of thioether (sulfide) groups is 1. The van der Waals surface area contributed by atoms with Crippen LogP contribution in [0.5, 0.6) is 17.2 Å². The Morgan fingerprint density at radius 3 is 2.15 bits per heavy atom. The van der Waals surface area contributed by atoms with E-state index in [1.54, 1.807) is 43.3 Å². The van der Waals surface area contributed by atoms with Gasteiger partial charge in [0, 0.05) is 11.0 Å². The predicted octanol–water partition coefficient (Wildman–Crippen LogP) is 5.75. The number of anilines is 1. The van der Waals surface area contributed by atoms with E-state index < -0.39 is 48.0 Å². The molecule has 0 atom stereocenters. The third-order valence-corrected chi connectivity index (χ3v) is 10.8. The Morgan fingerprint density at radius 1 is 0.870 bits per heavy atom. The molecule has 4 aromatic carbocycles. The molecule has 0 saturated carbocycles. The zero-order chi connectivity index (χ0) is 33.2. The van der Waals surface area contributed by atoms with Crippen molar-refractivity contribution < 1.29 is 40.2 Å². The molecule has 0 saturated heterocycles. The molecule has 1 heterocycles. The van der Waals surface area contributed by atoms with Gasteiger partial charge in [-0.15, -0.1) is 0 Å². The smallest absolute Gasteiger partial charge is 0.339 e. The lowest BCUT2D eigenvalue weighted by Gasteiger charge is -2.20. The molecule has 1 aliphatic rings. The van der Waals surface area contributed by atoms with Crippen molar-refractivity contribution in [2.45, 2.75) is 27.4 Å². The molecule has 0 bridgehead atoms. The number of nitrogens with one attached hydrogen (secondary N) is 1. The van der Waals surface area contributed by atoms with Gasteiger partial charge in [-0.1, -0.05) is 41.6 Å². The molecular weight excluding hydrogens is 657 g/mol. The van der Waals surface area contributed by atoms with Crippen molar-refractivity contribution in [1.29, 1.82) is 0 Å². The van der Waals surface area contributed by atoms with Crippen molar-refractivity contribution in [3.05, 3.63) is 111 Å². The Balaban J connectivity index is 1.39. The van der Waals surface area contributed by atoms with Gasteiger partial charge in [-0.2, -0.15) is 8.42 Å². The summed E-state index contributed by atoms with van der Waals surface area (Å²) < 4.78 is 67.9. The number of hydrogen-bond donors (Lipinski definition) is 1. The van der Waals surface area contributed by atoms with E-state index in [0.29, 0.717) is 22.0 Å². The standard InChI is InChI=1S/C31H26N2O10S3/c1-19-7-10-21(11-8-19)46(39,40)43-28-13-9-20(15-25(28)33(35)36)16-30-31(34)32-24-17-22(12-14-29(24)44-30)45(37,38)18-23-26(41-2)5-4-6-27(23)42-3/h4-17H,18H2,1-3H3,(H,32,34). The Labute approximate surface area is 269 Å². The maximum Gasteiger partial charge on any atom is 0.339 e. The van der Waals surface area contributed by atoms with E-state index in [9.17, 15) is 31.7 Å². The average Bonchev–Trinajstić information content (AvgIpc) is 3.01. The molecule has 46 heavy (non-hydrogen) atoms. The van der Waals surface area contributed by atoms with Crippen LogP contribution >= 0.6 is 11.8 Å². The zero-order valence-corrected chi connectivity index (χ0v) is 27.0. The summed E-state index contributed by atoms with van der Waals surface area (Å²) in [7, 11) is -5.39. The first kappa shape index (κ1) is 32.5. The van der Waals surface area contributed by atoms with Crippen LogP contribution in [0.2, 0.25) is 0 Å². The van der Waals surface area contributed by atoms with Crippen LogP contribution in [-0.2, 0) is 30.5 Å².